The van der Waals surface area contributed by atoms with Crippen molar-refractivity contribution in [1.29, 1.82) is 0 Å². The normalized spacial score (nSPS) is 12.4. The Morgan fingerprint density at radius 2 is 2.50 bits per heavy atom. The van der Waals surface area contributed by atoms with E-state index < -0.39 is 0 Å². The van der Waals surface area contributed by atoms with E-state index in [4.69, 9.17) is 6.42 Å². The summed E-state index contributed by atoms with van der Waals surface area (Å²) in [5.41, 5.74) is 0. The molecule has 1 N–H and O–H groups in total. The van der Waals surface area contributed by atoms with Crippen molar-refractivity contribution in [3.8, 4) is 12.3 Å². The van der Waals surface area contributed by atoms with E-state index in [1.54, 1.807) is 11.3 Å². The van der Waals surface area contributed by atoms with Gasteiger partial charge >= 0.3 is 0 Å². The van der Waals surface area contributed by atoms with E-state index in [-0.39, 0.29) is 0 Å². The Labute approximate surface area is 98.0 Å². The lowest BCUT2D eigenvalue weighted by Gasteiger charge is -2.12. The van der Waals surface area contributed by atoms with Crippen LogP contribution in [0.5, 0.6) is 0 Å². The molecule has 0 spiro atoms. The topological polar surface area (TPSA) is 12.0 Å². The number of nitrogens with one attached hydrogen (secondary N) is 1. The lowest BCUT2D eigenvalue weighted by molar-refractivity contribution is 0.509. The molecule has 14 heavy (non-hydrogen) atoms. The van der Waals surface area contributed by atoms with Crippen molar-refractivity contribution in [3.63, 3.8) is 0 Å². The van der Waals surface area contributed by atoms with Gasteiger partial charge in [-0.1, -0.05) is 6.92 Å². The number of hydrogen-bond donors (Lipinski definition) is 1. The Bertz CT molecular complexity index is 313. The highest BCUT2D eigenvalue weighted by molar-refractivity contribution is 9.10. The van der Waals surface area contributed by atoms with Crippen molar-refractivity contribution in [1.82, 2.24) is 5.32 Å². The second-order valence-corrected chi connectivity index (χ2v) is 5.04. The van der Waals surface area contributed by atoms with Gasteiger partial charge in [-0.05, 0) is 28.4 Å². The quantitative estimate of drug-likeness (QED) is 0.810. The molecule has 76 valence electrons. The summed E-state index contributed by atoms with van der Waals surface area (Å²) in [4.78, 5) is 1.34. The molecule has 1 atom stereocenters. The summed E-state index contributed by atoms with van der Waals surface area (Å²) in [5, 5.41) is 5.54. The van der Waals surface area contributed by atoms with Crippen LogP contribution in [-0.4, -0.2) is 6.04 Å². The molecule has 0 radical (unpaired) electrons. The first kappa shape index (κ1) is 11.8. The van der Waals surface area contributed by atoms with E-state index in [0.29, 0.717) is 6.04 Å². The second kappa shape index (κ2) is 6.23. The SMILES string of the molecule is C#CCC(CC)NCc1cc(Br)cs1. The van der Waals surface area contributed by atoms with Crippen molar-refractivity contribution in [2.24, 2.45) is 0 Å². The number of rotatable bonds is 5. The zero-order valence-corrected chi connectivity index (χ0v) is 10.6. The smallest absolute Gasteiger partial charge is 0.0303 e. The van der Waals surface area contributed by atoms with Gasteiger partial charge in [-0.2, -0.15) is 0 Å². The van der Waals surface area contributed by atoms with Crippen LogP contribution in [0.2, 0.25) is 0 Å². The maximum absolute atomic E-state index is 5.28. The largest absolute Gasteiger partial charge is 0.308 e. The van der Waals surface area contributed by atoms with E-state index in [9.17, 15) is 0 Å². The molecule has 1 aromatic rings. The lowest BCUT2D eigenvalue weighted by atomic mass is 10.1. The molecule has 0 bridgehead atoms. The van der Waals surface area contributed by atoms with E-state index in [0.717, 1.165) is 23.9 Å². The Morgan fingerprint density at radius 1 is 1.71 bits per heavy atom. The molecule has 1 aromatic heterocycles. The number of thiophene rings is 1. The highest BCUT2D eigenvalue weighted by Crippen LogP contribution is 2.19. The fourth-order valence-corrected chi connectivity index (χ4v) is 2.60. The summed E-state index contributed by atoms with van der Waals surface area (Å²) < 4.78 is 1.16. The van der Waals surface area contributed by atoms with Crippen LogP contribution < -0.4 is 5.32 Å². The molecule has 1 nitrogen and oxygen atoms in total. The molecule has 3 heteroatoms. The third-order valence-electron chi connectivity index (χ3n) is 2.04. The van der Waals surface area contributed by atoms with Crippen LogP contribution in [0.4, 0.5) is 0 Å². The van der Waals surface area contributed by atoms with Gasteiger partial charge in [0.15, 0.2) is 0 Å². The average Bonchev–Trinajstić information content (AvgIpc) is 2.59. The molecule has 0 aliphatic heterocycles. The lowest BCUT2D eigenvalue weighted by Crippen LogP contribution is -2.26. The summed E-state index contributed by atoms with van der Waals surface area (Å²) in [6.45, 7) is 3.07. The first-order valence-electron chi connectivity index (χ1n) is 4.66. The first-order chi connectivity index (χ1) is 6.76. The molecule has 0 aliphatic carbocycles. The number of hydrogen-bond acceptors (Lipinski definition) is 2. The third-order valence-corrected chi connectivity index (χ3v) is 3.74. The molecule has 0 amide bonds. The molecule has 0 aliphatic rings. The van der Waals surface area contributed by atoms with Gasteiger partial charge in [0, 0.05) is 33.7 Å². The van der Waals surface area contributed by atoms with Crippen molar-refractivity contribution in [3.05, 3.63) is 20.8 Å². The van der Waals surface area contributed by atoms with E-state index in [1.165, 1.54) is 4.88 Å². The van der Waals surface area contributed by atoms with E-state index in [2.05, 4.69) is 45.5 Å². The molecular formula is C11H14BrNS. The standard InChI is InChI=1S/C11H14BrNS/c1-3-5-10(4-2)13-7-11-6-9(12)8-14-11/h1,6,8,10,13H,4-5,7H2,2H3. The fourth-order valence-electron chi connectivity index (χ4n) is 1.19. The first-order valence-corrected chi connectivity index (χ1v) is 6.33. The van der Waals surface area contributed by atoms with Crippen LogP contribution in [0, 0.1) is 12.3 Å². The van der Waals surface area contributed by atoms with Gasteiger partial charge in [0.25, 0.3) is 0 Å². The second-order valence-electron chi connectivity index (χ2n) is 3.13. The Hall–Kier alpha value is -0.300. The van der Waals surface area contributed by atoms with Gasteiger partial charge in [-0.25, -0.2) is 0 Å². The van der Waals surface area contributed by atoms with Crippen LogP contribution >= 0.6 is 27.3 Å². The number of halogens is 1. The highest BCUT2D eigenvalue weighted by atomic mass is 79.9. The Kier molecular flexibility index (Phi) is 5.24. The molecule has 0 saturated heterocycles. The molecule has 0 saturated carbocycles. The molecule has 0 aromatic carbocycles. The minimum absolute atomic E-state index is 0.445. The number of terminal acetylenes is 1. The van der Waals surface area contributed by atoms with Crippen molar-refractivity contribution < 1.29 is 0 Å². The minimum atomic E-state index is 0.445. The van der Waals surface area contributed by atoms with Crippen molar-refractivity contribution >= 4 is 27.3 Å². The monoisotopic (exact) mass is 271 g/mol. The van der Waals surface area contributed by atoms with Crippen LogP contribution in [0.15, 0.2) is 15.9 Å². The molecular weight excluding hydrogens is 258 g/mol. The molecule has 0 fully saturated rings. The van der Waals surface area contributed by atoms with Gasteiger partial charge in [0.2, 0.25) is 0 Å². The predicted octanol–water partition coefficient (Wildman–Crippen LogP) is 3.40. The fraction of sp³-hybridized carbons (Fsp3) is 0.455. The van der Waals surface area contributed by atoms with E-state index in [1.807, 2.05) is 0 Å². The average molecular weight is 272 g/mol. The van der Waals surface area contributed by atoms with Crippen molar-refractivity contribution in [2.75, 3.05) is 0 Å². The van der Waals surface area contributed by atoms with Gasteiger partial charge in [-0.3, -0.25) is 0 Å². The Balaban J connectivity index is 2.36. The molecule has 1 heterocycles. The summed E-state index contributed by atoms with van der Waals surface area (Å²) in [7, 11) is 0. The zero-order chi connectivity index (χ0) is 10.4. The summed E-state index contributed by atoms with van der Waals surface area (Å²) in [6, 6.07) is 2.58. The van der Waals surface area contributed by atoms with Crippen LogP contribution in [0.3, 0.4) is 0 Å². The summed E-state index contributed by atoms with van der Waals surface area (Å²) >= 11 is 5.20. The maximum Gasteiger partial charge on any atom is 0.0303 e. The van der Waals surface area contributed by atoms with E-state index >= 15 is 0 Å². The van der Waals surface area contributed by atoms with Crippen LogP contribution in [0.1, 0.15) is 24.6 Å². The van der Waals surface area contributed by atoms with Crippen LogP contribution in [0.25, 0.3) is 0 Å². The molecule has 1 rings (SSSR count). The van der Waals surface area contributed by atoms with Gasteiger partial charge in [0.05, 0.1) is 0 Å². The predicted molar refractivity (Wildman–Crippen MR) is 66.4 cm³/mol. The van der Waals surface area contributed by atoms with Gasteiger partial charge in [0.1, 0.15) is 0 Å². The van der Waals surface area contributed by atoms with Crippen LogP contribution in [-0.2, 0) is 6.54 Å². The third kappa shape index (κ3) is 3.83. The van der Waals surface area contributed by atoms with Gasteiger partial charge < -0.3 is 5.32 Å². The highest BCUT2D eigenvalue weighted by Gasteiger charge is 2.04. The zero-order valence-electron chi connectivity index (χ0n) is 8.22. The minimum Gasteiger partial charge on any atom is -0.308 e. The molecule has 1 unspecified atom stereocenters. The summed E-state index contributed by atoms with van der Waals surface area (Å²) in [5.74, 6) is 2.69. The van der Waals surface area contributed by atoms with Gasteiger partial charge in [-0.15, -0.1) is 23.7 Å². The van der Waals surface area contributed by atoms with Crippen molar-refractivity contribution in [2.45, 2.75) is 32.4 Å². The Morgan fingerprint density at radius 3 is 3.00 bits per heavy atom. The maximum atomic E-state index is 5.28. The summed E-state index contributed by atoms with van der Waals surface area (Å²) in [6.07, 6.45) is 7.17.